The topological polar surface area (TPSA) is 43.1 Å². The van der Waals surface area contributed by atoms with Gasteiger partial charge in [-0.25, -0.2) is 8.78 Å². The van der Waals surface area contributed by atoms with Crippen molar-refractivity contribution in [1.82, 2.24) is 0 Å². The van der Waals surface area contributed by atoms with Crippen molar-refractivity contribution >= 4 is 5.91 Å². The van der Waals surface area contributed by atoms with Crippen molar-refractivity contribution in [3.8, 4) is 11.1 Å². The second-order valence-corrected chi connectivity index (χ2v) is 4.65. The van der Waals surface area contributed by atoms with E-state index in [-0.39, 0.29) is 5.56 Å². The number of primary amides is 1. The SMILES string of the molecule is NC(=O)Cc1cc(C(F)(F)F)cc(-c2cccc(F)c2)c1F. The Morgan fingerprint density at radius 2 is 1.77 bits per heavy atom. The van der Waals surface area contributed by atoms with E-state index < -0.39 is 46.8 Å². The Hall–Kier alpha value is -2.44. The van der Waals surface area contributed by atoms with Gasteiger partial charge in [0.15, 0.2) is 0 Å². The number of hydrogen-bond acceptors (Lipinski definition) is 1. The van der Waals surface area contributed by atoms with E-state index in [9.17, 15) is 26.7 Å². The third-order valence-corrected chi connectivity index (χ3v) is 2.98. The van der Waals surface area contributed by atoms with Crippen LogP contribution < -0.4 is 5.73 Å². The fraction of sp³-hybridized carbons (Fsp3) is 0.133. The average molecular weight is 315 g/mol. The molecule has 0 radical (unpaired) electrons. The van der Waals surface area contributed by atoms with Crippen LogP contribution in [0.2, 0.25) is 0 Å². The number of carbonyl (C=O) groups is 1. The van der Waals surface area contributed by atoms with E-state index in [1.165, 1.54) is 12.1 Å². The van der Waals surface area contributed by atoms with Gasteiger partial charge in [0.25, 0.3) is 0 Å². The van der Waals surface area contributed by atoms with E-state index in [4.69, 9.17) is 5.73 Å². The first-order valence-electron chi connectivity index (χ1n) is 6.12. The first-order valence-corrected chi connectivity index (χ1v) is 6.12. The van der Waals surface area contributed by atoms with Crippen molar-refractivity contribution in [3.05, 3.63) is 59.2 Å². The molecule has 0 aromatic heterocycles. The molecule has 22 heavy (non-hydrogen) atoms. The summed E-state index contributed by atoms with van der Waals surface area (Å²) in [5, 5.41) is 0. The molecule has 1 amide bonds. The van der Waals surface area contributed by atoms with Gasteiger partial charge in [0.1, 0.15) is 11.6 Å². The van der Waals surface area contributed by atoms with Crippen molar-refractivity contribution in [1.29, 1.82) is 0 Å². The molecule has 2 N–H and O–H groups in total. The van der Waals surface area contributed by atoms with Crippen LogP contribution in [0.5, 0.6) is 0 Å². The van der Waals surface area contributed by atoms with Crippen molar-refractivity contribution in [3.63, 3.8) is 0 Å². The molecular formula is C15H10F5NO. The molecule has 0 bridgehead atoms. The minimum atomic E-state index is -4.73. The zero-order valence-corrected chi connectivity index (χ0v) is 11.0. The summed E-state index contributed by atoms with van der Waals surface area (Å²) in [6, 6.07) is 5.62. The van der Waals surface area contributed by atoms with E-state index in [1.807, 2.05) is 0 Å². The zero-order valence-electron chi connectivity index (χ0n) is 11.0. The number of amides is 1. The van der Waals surface area contributed by atoms with E-state index in [2.05, 4.69) is 0 Å². The molecular weight excluding hydrogens is 305 g/mol. The zero-order chi connectivity index (χ0) is 16.5. The predicted octanol–water partition coefficient (Wildman–Crippen LogP) is 3.68. The summed E-state index contributed by atoms with van der Waals surface area (Å²) in [5.74, 6) is -2.72. The summed E-state index contributed by atoms with van der Waals surface area (Å²) in [6.45, 7) is 0. The highest BCUT2D eigenvalue weighted by Crippen LogP contribution is 2.35. The molecule has 116 valence electrons. The Morgan fingerprint density at radius 1 is 1.09 bits per heavy atom. The summed E-state index contributed by atoms with van der Waals surface area (Å²) < 4.78 is 66.2. The molecule has 2 nitrogen and oxygen atoms in total. The van der Waals surface area contributed by atoms with Gasteiger partial charge >= 0.3 is 6.18 Å². The Balaban J connectivity index is 2.69. The maximum Gasteiger partial charge on any atom is 0.416 e. The van der Waals surface area contributed by atoms with Crippen LogP contribution in [0, 0.1) is 11.6 Å². The van der Waals surface area contributed by atoms with Crippen molar-refractivity contribution in [2.24, 2.45) is 5.73 Å². The summed E-state index contributed by atoms with van der Waals surface area (Å²) in [4.78, 5) is 10.9. The van der Waals surface area contributed by atoms with Crippen LogP contribution in [0.4, 0.5) is 22.0 Å². The second-order valence-electron chi connectivity index (χ2n) is 4.65. The monoisotopic (exact) mass is 315 g/mol. The van der Waals surface area contributed by atoms with E-state index in [1.54, 1.807) is 0 Å². The van der Waals surface area contributed by atoms with Crippen LogP contribution in [0.25, 0.3) is 11.1 Å². The summed E-state index contributed by atoms with van der Waals surface area (Å²) in [5.41, 5.74) is 2.80. The lowest BCUT2D eigenvalue weighted by molar-refractivity contribution is -0.137. The van der Waals surface area contributed by atoms with Gasteiger partial charge in [0, 0.05) is 5.56 Å². The number of carbonyl (C=O) groups excluding carboxylic acids is 1. The Kier molecular flexibility index (Phi) is 4.16. The quantitative estimate of drug-likeness (QED) is 0.863. The number of nitrogens with two attached hydrogens (primary N) is 1. The van der Waals surface area contributed by atoms with Gasteiger partial charge in [0.2, 0.25) is 5.91 Å². The largest absolute Gasteiger partial charge is 0.416 e. The number of hydrogen-bond donors (Lipinski definition) is 1. The molecule has 0 heterocycles. The van der Waals surface area contributed by atoms with Crippen LogP contribution in [-0.2, 0) is 17.4 Å². The molecule has 0 saturated heterocycles. The fourth-order valence-electron chi connectivity index (χ4n) is 2.03. The van der Waals surface area contributed by atoms with Crippen molar-refractivity contribution in [2.45, 2.75) is 12.6 Å². The summed E-state index contributed by atoms with van der Waals surface area (Å²) in [6.07, 6.45) is -5.42. The second kappa shape index (κ2) is 5.75. The van der Waals surface area contributed by atoms with Gasteiger partial charge < -0.3 is 5.73 Å². The molecule has 0 spiro atoms. The van der Waals surface area contributed by atoms with Crippen LogP contribution in [0.1, 0.15) is 11.1 Å². The molecule has 0 atom stereocenters. The normalized spacial score (nSPS) is 11.5. The number of halogens is 5. The predicted molar refractivity (Wildman–Crippen MR) is 69.7 cm³/mol. The van der Waals surface area contributed by atoms with Gasteiger partial charge in [-0.2, -0.15) is 13.2 Å². The Labute approximate surface area is 122 Å². The first-order chi connectivity index (χ1) is 10.2. The van der Waals surface area contributed by atoms with Crippen LogP contribution >= 0.6 is 0 Å². The highest BCUT2D eigenvalue weighted by molar-refractivity contribution is 5.78. The lowest BCUT2D eigenvalue weighted by Crippen LogP contribution is -2.16. The van der Waals surface area contributed by atoms with Gasteiger partial charge in [-0.1, -0.05) is 12.1 Å². The van der Waals surface area contributed by atoms with Gasteiger partial charge in [-0.3, -0.25) is 4.79 Å². The molecule has 2 aromatic carbocycles. The molecule has 0 aliphatic heterocycles. The van der Waals surface area contributed by atoms with Crippen molar-refractivity contribution < 1.29 is 26.7 Å². The highest BCUT2D eigenvalue weighted by atomic mass is 19.4. The molecule has 0 aliphatic carbocycles. The van der Waals surface area contributed by atoms with Crippen LogP contribution in [0.3, 0.4) is 0 Å². The summed E-state index contributed by atoms with van der Waals surface area (Å²) in [7, 11) is 0. The highest BCUT2D eigenvalue weighted by Gasteiger charge is 2.32. The number of alkyl halides is 3. The minimum absolute atomic E-state index is 0.0608. The third kappa shape index (κ3) is 3.41. The smallest absolute Gasteiger partial charge is 0.369 e. The molecule has 0 saturated carbocycles. The Bertz CT molecular complexity index is 724. The average Bonchev–Trinajstić information content (AvgIpc) is 2.39. The van der Waals surface area contributed by atoms with Gasteiger partial charge in [-0.05, 0) is 35.4 Å². The Morgan fingerprint density at radius 3 is 2.32 bits per heavy atom. The standard InChI is InChI=1S/C15H10F5NO/c16-11-3-1-2-8(5-11)12-7-10(15(18,19)20)4-9(14(12)17)6-13(21)22/h1-5,7H,6H2,(H2,21,22). The van der Waals surface area contributed by atoms with Crippen molar-refractivity contribution in [2.75, 3.05) is 0 Å². The lowest BCUT2D eigenvalue weighted by atomic mass is 9.97. The third-order valence-electron chi connectivity index (χ3n) is 2.98. The van der Waals surface area contributed by atoms with Crippen LogP contribution in [0.15, 0.2) is 36.4 Å². The molecule has 0 aliphatic rings. The molecule has 2 aromatic rings. The van der Waals surface area contributed by atoms with Crippen LogP contribution in [-0.4, -0.2) is 5.91 Å². The maximum atomic E-state index is 14.3. The first kappa shape index (κ1) is 15.9. The lowest BCUT2D eigenvalue weighted by Gasteiger charge is -2.14. The van der Waals surface area contributed by atoms with Gasteiger partial charge in [-0.15, -0.1) is 0 Å². The molecule has 7 heteroatoms. The minimum Gasteiger partial charge on any atom is -0.369 e. The maximum absolute atomic E-state index is 14.3. The van der Waals surface area contributed by atoms with E-state index in [0.29, 0.717) is 12.1 Å². The molecule has 0 fully saturated rings. The fourth-order valence-corrected chi connectivity index (χ4v) is 2.03. The number of benzene rings is 2. The molecule has 2 rings (SSSR count). The molecule has 0 unspecified atom stereocenters. The van der Waals surface area contributed by atoms with E-state index >= 15 is 0 Å². The summed E-state index contributed by atoms with van der Waals surface area (Å²) >= 11 is 0. The van der Waals surface area contributed by atoms with Gasteiger partial charge in [0.05, 0.1) is 12.0 Å². The van der Waals surface area contributed by atoms with E-state index in [0.717, 1.165) is 12.1 Å². The number of rotatable bonds is 3.